The second kappa shape index (κ2) is 14.4. The van der Waals surface area contributed by atoms with Gasteiger partial charge in [0.1, 0.15) is 5.15 Å². The second-order valence-corrected chi connectivity index (χ2v) is 6.28. The van der Waals surface area contributed by atoms with Gasteiger partial charge in [-0.25, -0.2) is 4.98 Å². The average molecular weight is 383 g/mol. The first-order chi connectivity index (χ1) is 12.7. The molecule has 0 unspecified atom stereocenters. The molecule has 2 N–H and O–H groups in total. The highest BCUT2D eigenvalue weighted by Gasteiger charge is 2.01. The maximum Gasteiger partial charge on any atom is 0.305 e. The van der Waals surface area contributed by atoms with Gasteiger partial charge in [-0.05, 0) is 44.7 Å². The van der Waals surface area contributed by atoms with Gasteiger partial charge in [0.2, 0.25) is 0 Å². The van der Waals surface area contributed by atoms with Gasteiger partial charge in [0.25, 0.3) is 0 Å². The highest BCUT2D eigenvalue weighted by atomic mass is 35.5. The summed E-state index contributed by atoms with van der Waals surface area (Å²) in [5.74, 6) is 0.737. The summed E-state index contributed by atoms with van der Waals surface area (Å²) in [6.45, 7) is 6.73. The molecule has 0 radical (unpaired) electrons. The van der Waals surface area contributed by atoms with Crippen LogP contribution in [0, 0.1) is 0 Å². The van der Waals surface area contributed by atoms with E-state index in [0.717, 1.165) is 63.3 Å². The molecule has 1 rings (SSSR count). The molecule has 0 bridgehead atoms. The van der Waals surface area contributed by atoms with Crippen molar-refractivity contribution in [3.63, 3.8) is 0 Å². The van der Waals surface area contributed by atoms with Gasteiger partial charge in [0.05, 0.1) is 6.61 Å². The van der Waals surface area contributed by atoms with Crippen LogP contribution in [0.5, 0.6) is 0 Å². The van der Waals surface area contributed by atoms with Gasteiger partial charge in [0.15, 0.2) is 5.96 Å². The third kappa shape index (κ3) is 10.9. The molecular weight excluding hydrogens is 352 g/mol. The Morgan fingerprint density at radius 2 is 2.00 bits per heavy atom. The smallest absolute Gasteiger partial charge is 0.305 e. The zero-order valence-corrected chi connectivity index (χ0v) is 16.6. The van der Waals surface area contributed by atoms with Gasteiger partial charge in [-0.1, -0.05) is 30.5 Å². The number of ether oxygens (including phenoxy) is 1. The number of pyridine rings is 1. The highest BCUT2D eigenvalue weighted by Crippen LogP contribution is 2.06. The Hall–Kier alpha value is -1.82. The summed E-state index contributed by atoms with van der Waals surface area (Å²) in [5, 5.41) is 7.09. The number of aromatic nitrogens is 1. The molecule has 0 spiro atoms. The lowest BCUT2D eigenvalue weighted by Gasteiger charge is -2.11. The number of hydrogen-bond acceptors (Lipinski definition) is 4. The number of esters is 1. The number of nitrogens with one attached hydrogen (secondary N) is 2. The van der Waals surface area contributed by atoms with Gasteiger partial charge in [-0.2, -0.15) is 0 Å². The molecule has 0 aromatic carbocycles. The van der Waals surface area contributed by atoms with E-state index in [1.807, 2.05) is 13.0 Å². The lowest BCUT2D eigenvalue weighted by molar-refractivity contribution is -0.143. The number of nitrogens with zero attached hydrogens (tertiary/aromatic N) is 2. The van der Waals surface area contributed by atoms with E-state index in [-0.39, 0.29) is 5.97 Å². The number of aliphatic imine (C=N–C) groups is 1. The molecule has 0 aliphatic heterocycles. The van der Waals surface area contributed by atoms with Crippen molar-refractivity contribution in [2.24, 2.45) is 4.99 Å². The number of hydrogen-bond donors (Lipinski definition) is 2. The minimum Gasteiger partial charge on any atom is -0.466 e. The Labute approximate surface area is 161 Å². The van der Waals surface area contributed by atoms with Gasteiger partial charge in [-0.15, -0.1) is 0 Å². The van der Waals surface area contributed by atoms with Gasteiger partial charge < -0.3 is 15.4 Å². The van der Waals surface area contributed by atoms with Crippen molar-refractivity contribution < 1.29 is 9.53 Å². The standard InChI is InChI=1S/C19H31ClN4O2/c1-3-21-19(23-14-12-16-10-11-17(20)24-15-16)22-13-8-6-5-7-9-18(25)26-4-2/h10-11,15H,3-9,12-14H2,1-2H3,(H2,21,22,23). The summed E-state index contributed by atoms with van der Waals surface area (Å²) in [7, 11) is 0. The molecule has 146 valence electrons. The van der Waals surface area contributed by atoms with Crippen molar-refractivity contribution in [2.45, 2.75) is 52.4 Å². The number of rotatable bonds is 12. The van der Waals surface area contributed by atoms with Crippen molar-refractivity contribution in [3.05, 3.63) is 29.0 Å². The quantitative estimate of drug-likeness (QED) is 0.190. The first-order valence-electron chi connectivity index (χ1n) is 9.44. The molecule has 0 aliphatic carbocycles. The number of carbonyl (C=O) groups excluding carboxylic acids is 1. The van der Waals surface area contributed by atoms with E-state index >= 15 is 0 Å². The monoisotopic (exact) mass is 382 g/mol. The summed E-state index contributed by atoms with van der Waals surface area (Å²) in [6.07, 6.45) is 7.17. The topological polar surface area (TPSA) is 75.6 Å². The first kappa shape index (κ1) is 22.2. The van der Waals surface area contributed by atoms with Gasteiger partial charge in [0, 0.05) is 32.3 Å². The minimum atomic E-state index is -0.0972. The minimum absolute atomic E-state index is 0.0972. The SMILES string of the molecule is CCNC(=NCCCCCCC(=O)OCC)NCCc1ccc(Cl)nc1. The third-order valence-electron chi connectivity index (χ3n) is 3.70. The van der Waals surface area contributed by atoms with Crippen molar-refractivity contribution in [1.29, 1.82) is 0 Å². The Kier molecular flexibility index (Phi) is 12.3. The van der Waals surface area contributed by atoms with E-state index in [1.165, 1.54) is 0 Å². The predicted molar refractivity (Wildman–Crippen MR) is 107 cm³/mol. The predicted octanol–water partition coefficient (Wildman–Crippen LogP) is 3.35. The summed E-state index contributed by atoms with van der Waals surface area (Å²) < 4.78 is 4.92. The summed E-state index contributed by atoms with van der Waals surface area (Å²) >= 11 is 5.79. The zero-order chi connectivity index (χ0) is 19.0. The lowest BCUT2D eigenvalue weighted by Crippen LogP contribution is -2.38. The van der Waals surface area contributed by atoms with Crippen molar-refractivity contribution in [2.75, 3.05) is 26.2 Å². The molecule has 1 heterocycles. The molecule has 0 atom stereocenters. The zero-order valence-electron chi connectivity index (χ0n) is 15.9. The van der Waals surface area contributed by atoms with Crippen LogP contribution >= 0.6 is 11.6 Å². The Morgan fingerprint density at radius 1 is 1.19 bits per heavy atom. The Bertz CT molecular complexity index is 535. The van der Waals surface area contributed by atoms with Gasteiger partial charge in [-0.3, -0.25) is 9.79 Å². The molecular formula is C19H31ClN4O2. The van der Waals surface area contributed by atoms with E-state index in [4.69, 9.17) is 16.3 Å². The van der Waals surface area contributed by atoms with Crippen molar-refractivity contribution in [3.8, 4) is 0 Å². The fourth-order valence-electron chi connectivity index (χ4n) is 2.38. The number of halogens is 1. The van der Waals surface area contributed by atoms with Crippen LogP contribution in [-0.2, 0) is 16.0 Å². The van der Waals surface area contributed by atoms with Crippen LogP contribution in [0.25, 0.3) is 0 Å². The molecule has 6 nitrogen and oxygen atoms in total. The van der Waals surface area contributed by atoms with Crippen LogP contribution in [0.3, 0.4) is 0 Å². The molecule has 0 amide bonds. The van der Waals surface area contributed by atoms with Crippen LogP contribution in [0.1, 0.15) is 51.5 Å². The molecule has 0 saturated heterocycles. The van der Waals surface area contributed by atoms with Crippen LogP contribution in [0.2, 0.25) is 5.15 Å². The van der Waals surface area contributed by atoms with Crippen molar-refractivity contribution in [1.82, 2.24) is 15.6 Å². The average Bonchev–Trinajstić information content (AvgIpc) is 2.62. The molecule has 0 aliphatic rings. The molecule has 7 heteroatoms. The normalized spacial score (nSPS) is 11.3. The summed E-state index contributed by atoms with van der Waals surface area (Å²) in [6, 6.07) is 3.79. The Morgan fingerprint density at radius 3 is 2.69 bits per heavy atom. The fraction of sp³-hybridized carbons (Fsp3) is 0.632. The molecule has 0 saturated carbocycles. The van der Waals surface area contributed by atoms with Crippen molar-refractivity contribution >= 4 is 23.5 Å². The molecule has 1 aromatic rings. The van der Waals surface area contributed by atoms with E-state index in [2.05, 4.69) is 27.5 Å². The van der Waals surface area contributed by atoms with Crippen LogP contribution in [0.15, 0.2) is 23.3 Å². The van der Waals surface area contributed by atoms with Crippen LogP contribution < -0.4 is 10.6 Å². The largest absolute Gasteiger partial charge is 0.466 e. The number of guanidine groups is 1. The number of carbonyl (C=O) groups is 1. The van der Waals surface area contributed by atoms with E-state index in [9.17, 15) is 4.79 Å². The maximum atomic E-state index is 11.2. The highest BCUT2D eigenvalue weighted by molar-refractivity contribution is 6.29. The molecule has 0 fully saturated rings. The van der Waals surface area contributed by atoms with E-state index in [1.54, 1.807) is 12.3 Å². The summed E-state index contributed by atoms with van der Waals surface area (Å²) in [5.41, 5.74) is 1.14. The number of unbranched alkanes of at least 4 members (excludes halogenated alkanes) is 3. The lowest BCUT2D eigenvalue weighted by atomic mass is 10.1. The fourth-order valence-corrected chi connectivity index (χ4v) is 2.49. The van der Waals surface area contributed by atoms with Crippen LogP contribution in [-0.4, -0.2) is 43.2 Å². The third-order valence-corrected chi connectivity index (χ3v) is 3.93. The van der Waals surface area contributed by atoms with E-state index in [0.29, 0.717) is 18.2 Å². The Balaban J connectivity index is 2.17. The molecule has 26 heavy (non-hydrogen) atoms. The van der Waals surface area contributed by atoms with Gasteiger partial charge >= 0.3 is 5.97 Å². The van der Waals surface area contributed by atoms with Crippen LogP contribution in [0.4, 0.5) is 0 Å². The summed E-state index contributed by atoms with van der Waals surface area (Å²) in [4.78, 5) is 19.9. The maximum absolute atomic E-state index is 11.2. The van der Waals surface area contributed by atoms with E-state index < -0.39 is 0 Å². The first-order valence-corrected chi connectivity index (χ1v) is 9.81. The second-order valence-electron chi connectivity index (χ2n) is 5.90. The molecule has 1 aromatic heterocycles.